The van der Waals surface area contributed by atoms with Gasteiger partial charge >= 0.3 is 0 Å². The van der Waals surface area contributed by atoms with Gasteiger partial charge in [0, 0.05) is 10.7 Å². The molecule has 3 nitrogen and oxygen atoms in total. The van der Waals surface area contributed by atoms with Crippen LogP contribution in [0.25, 0.3) is 0 Å². The van der Waals surface area contributed by atoms with Crippen LogP contribution in [0.3, 0.4) is 0 Å². The maximum Gasteiger partial charge on any atom is 0.178 e. The van der Waals surface area contributed by atoms with Crippen molar-refractivity contribution in [3.8, 4) is 0 Å². The van der Waals surface area contributed by atoms with Crippen LogP contribution in [0.2, 0.25) is 5.02 Å². The number of fused-ring (bicyclic) bond motifs is 1. The quantitative estimate of drug-likeness (QED) is 0.910. The van der Waals surface area contributed by atoms with Crippen molar-refractivity contribution in [1.29, 1.82) is 0 Å². The molecule has 0 bridgehead atoms. The standard InChI is InChI=1S/C16H16ClNO2S/c1-11-6-7-12(10-14(11)17)18-15-8-9-21(19,20)16-5-3-2-4-13(15)16/h2-7,10,15,18H,8-9H2,1H3. The molecule has 0 aliphatic carbocycles. The summed E-state index contributed by atoms with van der Waals surface area (Å²) in [7, 11) is -3.15. The lowest BCUT2D eigenvalue weighted by molar-refractivity contribution is 0.576. The second-order valence-corrected chi connectivity index (χ2v) is 7.79. The first kappa shape index (κ1) is 14.4. The lowest BCUT2D eigenvalue weighted by Crippen LogP contribution is -2.24. The zero-order valence-corrected chi connectivity index (χ0v) is 13.2. The van der Waals surface area contributed by atoms with E-state index in [4.69, 9.17) is 11.6 Å². The Hall–Kier alpha value is -1.52. The molecule has 2 aromatic carbocycles. The van der Waals surface area contributed by atoms with E-state index in [1.54, 1.807) is 12.1 Å². The van der Waals surface area contributed by atoms with Gasteiger partial charge in [-0.05, 0) is 42.7 Å². The van der Waals surface area contributed by atoms with Gasteiger partial charge in [0.05, 0.1) is 16.7 Å². The number of sulfone groups is 1. The highest BCUT2D eigenvalue weighted by Gasteiger charge is 2.29. The fourth-order valence-electron chi connectivity index (χ4n) is 2.62. The molecule has 1 heterocycles. The Kier molecular flexibility index (Phi) is 3.68. The highest BCUT2D eigenvalue weighted by molar-refractivity contribution is 7.91. The molecule has 0 saturated heterocycles. The van der Waals surface area contributed by atoms with E-state index in [2.05, 4.69) is 5.32 Å². The normalized spacial score (nSPS) is 19.8. The van der Waals surface area contributed by atoms with Gasteiger partial charge in [-0.15, -0.1) is 0 Å². The molecule has 0 spiro atoms. The Morgan fingerprint density at radius 3 is 2.71 bits per heavy atom. The van der Waals surface area contributed by atoms with Crippen molar-refractivity contribution in [2.45, 2.75) is 24.3 Å². The van der Waals surface area contributed by atoms with Crippen molar-refractivity contribution in [1.82, 2.24) is 0 Å². The number of anilines is 1. The molecule has 1 N–H and O–H groups in total. The van der Waals surface area contributed by atoms with Crippen molar-refractivity contribution in [3.05, 3.63) is 58.6 Å². The van der Waals surface area contributed by atoms with Crippen molar-refractivity contribution >= 4 is 27.1 Å². The summed E-state index contributed by atoms with van der Waals surface area (Å²) in [4.78, 5) is 0.437. The summed E-state index contributed by atoms with van der Waals surface area (Å²) in [5, 5.41) is 4.10. The fraction of sp³-hybridized carbons (Fsp3) is 0.250. The van der Waals surface area contributed by atoms with Gasteiger partial charge in [-0.3, -0.25) is 0 Å². The molecule has 0 amide bonds. The molecule has 21 heavy (non-hydrogen) atoms. The van der Waals surface area contributed by atoms with E-state index >= 15 is 0 Å². The summed E-state index contributed by atoms with van der Waals surface area (Å²) in [6, 6.07) is 13.0. The molecular weight excluding hydrogens is 306 g/mol. The average molecular weight is 322 g/mol. The highest BCUT2D eigenvalue weighted by Crippen LogP contribution is 2.34. The maximum atomic E-state index is 12.1. The summed E-state index contributed by atoms with van der Waals surface area (Å²) in [6.07, 6.45) is 0.560. The summed E-state index contributed by atoms with van der Waals surface area (Å²) < 4.78 is 24.2. The first-order chi connectivity index (χ1) is 9.97. The molecule has 1 aliphatic heterocycles. The Morgan fingerprint density at radius 1 is 1.19 bits per heavy atom. The van der Waals surface area contributed by atoms with E-state index in [1.807, 2.05) is 37.3 Å². The summed E-state index contributed by atoms with van der Waals surface area (Å²) in [5.74, 6) is 0.168. The number of benzene rings is 2. The highest BCUT2D eigenvalue weighted by atomic mass is 35.5. The van der Waals surface area contributed by atoms with Crippen molar-refractivity contribution in [2.75, 3.05) is 11.1 Å². The molecule has 110 valence electrons. The number of halogens is 1. The van der Waals surface area contributed by atoms with Crippen LogP contribution >= 0.6 is 11.6 Å². The molecule has 3 rings (SSSR count). The third-order valence-electron chi connectivity index (χ3n) is 3.82. The Bertz CT molecular complexity index is 787. The minimum absolute atomic E-state index is 0.0107. The molecule has 5 heteroatoms. The molecule has 1 aliphatic rings. The monoisotopic (exact) mass is 321 g/mol. The van der Waals surface area contributed by atoms with Gasteiger partial charge in [0.2, 0.25) is 0 Å². The van der Waals surface area contributed by atoms with Gasteiger partial charge in [-0.25, -0.2) is 8.42 Å². The van der Waals surface area contributed by atoms with Gasteiger partial charge in [-0.2, -0.15) is 0 Å². The lowest BCUT2D eigenvalue weighted by Gasteiger charge is -2.27. The predicted molar refractivity (Wildman–Crippen MR) is 85.7 cm³/mol. The molecule has 2 aromatic rings. The van der Waals surface area contributed by atoms with Gasteiger partial charge in [0.25, 0.3) is 0 Å². The van der Waals surface area contributed by atoms with Crippen molar-refractivity contribution in [3.63, 3.8) is 0 Å². The number of aryl methyl sites for hydroxylation is 1. The van der Waals surface area contributed by atoms with Crippen molar-refractivity contribution < 1.29 is 8.42 Å². The zero-order chi connectivity index (χ0) is 15.0. The molecule has 0 fully saturated rings. The Balaban J connectivity index is 1.95. The molecule has 0 aromatic heterocycles. The van der Waals surface area contributed by atoms with Gasteiger partial charge in [0.15, 0.2) is 9.84 Å². The number of rotatable bonds is 2. The van der Waals surface area contributed by atoms with Crippen molar-refractivity contribution in [2.24, 2.45) is 0 Å². The van der Waals surface area contributed by atoms with Gasteiger partial charge in [-0.1, -0.05) is 35.9 Å². The third kappa shape index (κ3) is 2.78. The van der Waals surface area contributed by atoms with Crippen LogP contribution < -0.4 is 5.32 Å². The number of hydrogen-bond acceptors (Lipinski definition) is 3. The molecule has 0 saturated carbocycles. The van der Waals surface area contributed by atoms with Crippen LogP contribution in [-0.4, -0.2) is 14.2 Å². The second kappa shape index (κ2) is 5.35. The largest absolute Gasteiger partial charge is 0.378 e. The molecule has 1 atom stereocenters. The molecule has 1 unspecified atom stereocenters. The van der Waals surface area contributed by atoms with E-state index in [1.165, 1.54) is 0 Å². The van der Waals surface area contributed by atoms with Gasteiger partial charge in [0.1, 0.15) is 0 Å². The maximum absolute atomic E-state index is 12.1. The Morgan fingerprint density at radius 2 is 1.95 bits per heavy atom. The molecular formula is C16H16ClNO2S. The van der Waals surface area contributed by atoms with E-state index in [-0.39, 0.29) is 11.8 Å². The lowest BCUT2D eigenvalue weighted by atomic mass is 10.0. The summed E-state index contributed by atoms with van der Waals surface area (Å²) >= 11 is 6.14. The zero-order valence-electron chi connectivity index (χ0n) is 11.6. The number of nitrogens with one attached hydrogen (secondary N) is 1. The first-order valence-electron chi connectivity index (χ1n) is 6.82. The topological polar surface area (TPSA) is 46.2 Å². The number of hydrogen-bond donors (Lipinski definition) is 1. The smallest absolute Gasteiger partial charge is 0.178 e. The van der Waals surface area contributed by atoms with Crippen LogP contribution in [-0.2, 0) is 9.84 Å². The summed E-state index contributed by atoms with van der Waals surface area (Å²) in [5.41, 5.74) is 2.76. The van der Waals surface area contributed by atoms with Crippen LogP contribution in [0.1, 0.15) is 23.6 Å². The Labute approximate surface area is 129 Å². The minimum Gasteiger partial charge on any atom is -0.378 e. The van der Waals surface area contributed by atoms with E-state index in [9.17, 15) is 8.42 Å². The predicted octanol–water partition coefficient (Wildman–Crippen LogP) is 3.98. The third-order valence-corrected chi connectivity index (χ3v) is 6.04. The van der Waals surface area contributed by atoms with Crippen LogP contribution in [0.15, 0.2) is 47.4 Å². The summed E-state index contributed by atoms with van der Waals surface area (Å²) in [6.45, 7) is 1.95. The fourth-order valence-corrected chi connectivity index (χ4v) is 4.43. The average Bonchev–Trinajstić information content (AvgIpc) is 2.46. The van der Waals surface area contributed by atoms with Crippen LogP contribution in [0.5, 0.6) is 0 Å². The second-order valence-electron chi connectivity index (χ2n) is 5.31. The van der Waals surface area contributed by atoms with Crippen LogP contribution in [0.4, 0.5) is 5.69 Å². The van der Waals surface area contributed by atoms with Gasteiger partial charge < -0.3 is 5.32 Å². The van der Waals surface area contributed by atoms with E-state index < -0.39 is 9.84 Å². The van der Waals surface area contributed by atoms with E-state index in [0.29, 0.717) is 16.3 Å². The minimum atomic E-state index is -3.15. The SMILES string of the molecule is Cc1ccc(NC2CCS(=O)(=O)c3ccccc32)cc1Cl. The molecule has 0 radical (unpaired) electrons. The van der Waals surface area contributed by atoms with Crippen LogP contribution in [0, 0.1) is 6.92 Å². The van der Waals surface area contributed by atoms with E-state index in [0.717, 1.165) is 16.8 Å². The first-order valence-corrected chi connectivity index (χ1v) is 8.85.